The normalized spacial score (nSPS) is 39.8. The number of aromatic nitrogens is 2. The first kappa shape index (κ1) is 30.1. The third-order valence-electron chi connectivity index (χ3n) is 11.9. The number of thioether (sulfide) groups is 1. The van der Waals surface area contributed by atoms with E-state index in [1.54, 1.807) is 26.2 Å². The Balaban J connectivity index is 1.27. The van der Waals surface area contributed by atoms with Gasteiger partial charge < -0.3 is 19.5 Å². The number of hydrogen-bond acceptors (Lipinski definition) is 7. The van der Waals surface area contributed by atoms with Gasteiger partial charge in [0.25, 0.3) is 5.24 Å². The molecule has 3 saturated carbocycles. The molecule has 4 aliphatic carbocycles. The average molecular weight is 624 g/mol. The Morgan fingerprint density at radius 3 is 2.52 bits per heavy atom. The summed E-state index contributed by atoms with van der Waals surface area (Å²) in [6.45, 7) is 10.3. The molecule has 236 valence electrons. The first-order valence-corrected chi connectivity index (χ1v) is 16.4. The van der Waals surface area contributed by atoms with Gasteiger partial charge >= 0.3 is 0 Å². The van der Waals surface area contributed by atoms with Crippen LogP contribution in [0.1, 0.15) is 71.6 Å². The first-order chi connectivity index (χ1) is 20.6. The molecule has 1 unspecified atom stereocenters. The molecule has 2 heterocycles. The van der Waals surface area contributed by atoms with Crippen LogP contribution in [0.2, 0.25) is 0 Å². The predicted molar refractivity (Wildman–Crippen MR) is 165 cm³/mol. The average Bonchev–Trinajstić information content (AvgIpc) is 3.53. The molecule has 8 atom stereocenters. The zero-order valence-electron chi connectivity index (χ0n) is 26.5. The first-order valence-electron chi connectivity index (χ1n) is 15.6. The van der Waals surface area contributed by atoms with E-state index in [0.717, 1.165) is 36.2 Å². The van der Waals surface area contributed by atoms with Crippen molar-refractivity contribution in [3.05, 3.63) is 53.1 Å². The Hall–Kier alpha value is -2.53. The lowest BCUT2D eigenvalue weighted by Crippen LogP contribution is -2.66. The van der Waals surface area contributed by atoms with Gasteiger partial charge in [0.05, 0.1) is 29.8 Å². The van der Waals surface area contributed by atoms with Gasteiger partial charge in [0, 0.05) is 31.3 Å². The van der Waals surface area contributed by atoms with E-state index in [1.165, 1.54) is 22.6 Å². The third-order valence-corrected chi connectivity index (χ3v) is 12.9. The van der Waals surface area contributed by atoms with Crippen LogP contribution >= 0.6 is 11.8 Å². The molecule has 1 amide bonds. The Morgan fingerprint density at radius 1 is 1.14 bits per heavy atom. The summed E-state index contributed by atoms with van der Waals surface area (Å²) >= 11 is 0.690. The molecule has 1 N–H and O–H groups in total. The topological polar surface area (TPSA) is 93.9 Å². The molecule has 0 radical (unpaired) electrons. The second-order valence-electron chi connectivity index (χ2n) is 15.1. The lowest BCUT2D eigenvalue weighted by Gasteiger charge is -2.65. The highest BCUT2D eigenvalue weighted by molar-refractivity contribution is 8.26. The summed E-state index contributed by atoms with van der Waals surface area (Å²) in [6.07, 6.45) is 6.36. The number of halogens is 1. The number of benzene rings is 1. The van der Waals surface area contributed by atoms with Gasteiger partial charge in [-0.2, -0.15) is 5.10 Å². The van der Waals surface area contributed by atoms with Crippen molar-refractivity contribution in [2.24, 2.45) is 28.1 Å². The van der Waals surface area contributed by atoms with Crippen LogP contribution < -0.4 is 0 Å². The lowest BCUT2D eigenvalue weighted by atomic mass is 9.40. The van der Waals surface area contributed by atoms with Crippen LogP contribution in [0.15, 0.2) is 36.0 Å². The molecule has 1 aromatic carbocycles. The highest BCUT2D eigenvalue weighted by Crippen LogP contribution is 2.75. The highest BCUT2D eigenvalue weighted by atomic mass is 32.2. The molecule has 8 nitrogen and oxygen atoms in total. The number of carbonyl (C=O) groups is 2. The molecule has 10 heteroatoms. The van der Waals surface area contributed by atoms with E-state index in [4.69, 9.17) is 14.6 Å². The van der Waals surface area contributed by atoms with Gasteiger partial charge in [0.2, 0.25) is 5.12 Å². The van der Waals surface area contributed by atoms with Gasteiger partial charge in [-0.05, 0) is 105 Å². The van der Waals surface area contributed by atoms with Crippen molar-refractivity contribution in [3.8, 4) is 5.69 Å². The summed E-state index contributed by atoms with van der Waals surface area (Å²) < 4.78 is 28.7. The largest absolute Gasteiger partial charge is 0.393 e. The Labute approximate surface area is 262 Å². The second kappa shape index (κ2) is 9.50. The van der Waals surface area contributed by atoms with E-state index in [2.05, 4.69) is 26.8 Å². The van der Waals surface area contributed by atoms with Gasteiger partial charge in [-0.15, -0.1) is 0 Å². The highest BCUT2D eigenvalue weighted by Gasteiger charge is 2.79. The molecule has 1 saturated heterocycles. The van der Waals surface area contributed by atoms with E-state index >= 15 is 0 Å². The summed E-state index contributed by atoms with van der Waals surface area (Å²) in [4.78, 5) is 28.4. The van der Waals surface area contributed by atoms with E-state index < -0.39 is 29.0 Å². The Morgan fingerprint density at radius 2 is 1.84 bits per heavy atom. The standard InChI is InChI=1S/C34H42FN3O5S/c1-30(2)42-26-15-25-31(3)13-12-20-14-23-19(18-36-38(23)22-10-8-21(35)9-11-22)16-32(20,4)27(31)24(39)17-33(25,5)34(26,43-30)28(40)44-29(41)37(6)7/h8-11,14,18,24-27,39H,12-13,15-17H2,1-7H3/t24?,25-,26+,27-,31-,32-,33-,34-/m0/s1. The minimum atomic E-state index is -1.35. The van der Waals surface area contributed by atoms with Crippen molar-refractivity contribution >= 4 is 28.2 Å². The zero-order valence-corrected chi connectivity index (χ0v) is 27.3. The van der Waals surface area contributed by atoms with Crippen LogP contribution in [0.3, 0.4) is 0 Å². The molecule has 0 spiro atoms. The zero-order chi connectivity index (χ0) is 31.6. The monoisotopic (exact) mass is 623 g/mol. The summed E-state index contributed by atoms with van der Waals surface area (Å²) in [5, 5.41) is 16.3. The smallest absolute Gasteiger partial charge is 0.288 e. The second-order valence-corrected chi connectivity index (χ2v) is 16.0. The number of rotatable bonds is 2. The number of allylic oxidation sites excluding steroid dienone is 1. The number of ether oxygens (including phenoxy) is 2. The number of hydrogen-bond donors (Lipinski definition) is 1. The van der Waals surface area contributed by atoms with E-state index in [0.29, 0.717) is 24.6 Å². The number of carbonyl (C=O) groups excluding carboxylic acids is 2. The summed E-state index contributed by atoms with van der Waals surface area (Å²) in [5.41, 5.74) is 1.50. The van der Waals surface area contributed by atoms with Crippen LogP contribution in [0, 0.1) is 33.9 Å². The number of aliphatic hydroxyl groups excluding tert-OH is 1. The van der Waals surface area contributed by atoms with Gasteiger partial charge in [0.1, 0.15) is 5.82 Å². The van der Waals surface area contributed by atoms with Crippen LogP contribution in [-0.2, 0) is 20.7 Å². The molecule has 2 aromatic rings. The van der Waals surface area contributed by atoms with Gasteiger partial charge in [-0.1, -0.05) is 26.3 Å². The summed E-state index contributed by atoms with van der Waals surface area (Å²) in [5.74, 6) is -1.31. The lowest BCUT2D eigenvalue weighted by molar-refractivity contribution is -0.239. The number of amides is 1. The minimum absolute atomic E-state index is 0.0326. The van der Waals surface area contributed by atoms with Gasteiger partial charge in [0.15, 0.2) is 11.4 Å². The Kier molecular flexibility index (Phi) is 6.51. The van der Waals surface area contributed by atoms with Gasteiger partial charge in [-0.25, -0.2) is 9.07 Å². The number of nitrogens with zero attached hydrogens (tertiary/aromatic N) is 3. The minimum Gasteiger partial charge on any atom is -0.393 e. The summed E-state index contributed by atoms with van der Waals surface area (Å²) in [6, 6.07) is 6.37. The van der Waals surface area contributed by atoms with Crippen molar-refractivity contribution in [1.29, 1.82) is 0 Å². The molecule has 1 aromatic heterocycles. The predicted octanol–water partition coefficient (Wildman–Crippen LogP) is 6.00. The van der Waals surface area contributed by atoms with Crippen LogP contribution in [0.4, 0.5) is 9.18 Å². The number of fused-ring (bicyclic) bond motifs is 8. The van der Waals surface area contributed by atoms with Crippen LogP contribution in [-0.4, -0.2) is 67.8 Å². The van der Waals surface area contributed by atoms with Crippen LogP contribution in [0.25, 0.3) is 11.8 Å². The van der Waals surface area contributed by atoms with Crippen molar-refractivity contribution in [2.45, 2.75) is 90.3 Å². The fourth-order valence-corrected chi connectivity index (χ4v) is 11.2. The molecule has 7 rings (SSSR count). The SMILES string of the molecule is CN(C)C(=O)SC(=O)[C@@]12OC(C)(C)O[C@@H]1C[C@H]1[C@]3(C)CCC4=Cc5c(cnn5-c5ccc(F)cc5)C[C@]4(C)[C@H]3C(O)C[C@@]12C. The van der Waals surface area contributed by atoms with Crippen molar-refractivity contribution in [2.75, 3.05) is 14.1 Å². The van der Waals surface area contributed by atoms with E-state index in [9.17, 15) is 19.1 Å². The number of aliphatic hydroxyl groups is 1. The summed E-state index contributed by atoms with van der Waals surface area (Å²) in [7, 11) is 3.27. The molecule has 1 aliphatic heterocycles. The van der Waals surface area contributed by atoms with Crippen LogP contribution in [0.5, 0.6) is 0 Å². The fraction of sp³-hybridized carbons (Fsp3) is 0.618. The maximum Gasteiger partial charge on any atom is 0.288 e. The molecule has 4 fully saturated rings. The maximum absolute atomic E-state index is 14.2. The molecular formula is C34H42FN3O5S. The quantitative estimate of drug-likeness (QED) is 0.439. The van der Waals surface area contributed by atoms with E-state index in [1.807, 2.05) is 24.7 Å². The third kappa shape index (κ3) is 3.89. The maximum atomic E-state index is 14.2. The molecule has 44 heavy (non-hydrogen) atoms. The Bertz CT molecular complexity index is 1590. The molecule has 0 bridgehead atoms. The van der Waals surface area contributed by atoms with E-state index in [-0.39, 0.29) is 38.8 Å². The van der Waals surface area contributed by atoms with Crippen molar-refractivity contribution in [3.63, 3.8) is 0 Å². The van der Waals surface area contributed by atoms with Gasteiger partial charge in [-0.3, -0.25) is 9.59 Å². The fourth-order valence-electron chi connectivity index (χ4n) is 10.3. The van der Waals surface area contributed by atoms with Crippen molar-refractivity contribution < 1.29 is 28.6 Å². The molecular weight excluding hydrogens is 581 g/mol. The van der Waals surface area contributed by atoms with Crippen molar-refractivity contribution in [1.82, 2.24) is 14.7 Å². The molecule has 5 aliphatic rings.